The fourth-order valence-corrected chi connectivity index (χ4v) is 2.79. The molecule has 1 heterocycles. The molecular weight excluding hydrogens is 340 g/mol. The van der Waals surface area contributed by atoms with Gasteiger partial charge in [-0.15, -0.1) is 0 Å². The number of nitrogens with zero attached hydrogens (tertiary/aromatic N) is 1. The summed E-state index contributed by atoms with van der Waals surface area (Å²) in [7, 11) is 1.49. The van der Waals surface area contributed by atoms with E-state index < -0.39 is 0 Å². The van der Waals surface area contributed by atoms with Crippen molar-refractivity contribution in [2.45, 2.75) is 20.8 Å². The van der Waals surface area contributed by atoms with Crippen molar-refractivity contribution in [1.82, 2.24) is 4.90 Å². The molecule has 0 saturated carbocycles. The highest BCUT2D eigenvalue weighted by Crippen LogP contribution is 2.30. The lowest BCUT2D eigenvalue weighted by Gasteiger charge is -2.10. The smallest absolute Gasteiger partial charge is 0.277 e. The van der Waals surface area contributed by atoms with Gasteiger partial charge in [-0.3, -0.25) is 14.5 Å². The second-order valence-corrected chi connectivity index (χ2v) is 7.14. The van der Waals surface area contributed by atoms with Gasteiger partial charge in [0.15, 0.2) is 0 Å². The third-order valence-corrected chi connectivity index (χ3v) is 4.33. The molecule has 27 heavy (non-hydrogen) atoms. The predicted octanol–water partition coefficient (Wildman–Crippen LogP) is 3.85. The lowest BCUT2D eigenvalue weighted by Crippen LogP contribution is -2.27. The maximum Gasteiger partial charge on any atom is 0.277 e. The van der Waals surface area contributed by atoms with E-state index >= 15 is 0 Å². The van der Waals surface area contributed by atoms with E-state index in [2.05, 4.69) is 19.2 Å². The molecule has 0 unspecified atom stereocenters. The van der Waals surface area contributed by atoms with Gasteiger partial charge in [-0.2, -0.15) is 0 Å². The third-order valence-electron chi connectivity index (χ3n) is 4.33. The molecule has 0 atom stereocenters. The number of rotatable bonds is 6. The predicted molar refractivity (Wildman–Crippen MR) is 106 cm³/mol. The number of likely N-dealkylation sites (N-methyl/N-ethyl adjacent to an activating group) is 1. The molecule has 5 nitrogen and oxygen atoms in total. The summed E-state index contributed by atoms with van der Waals surface area (Å²) in [6.45, 7) is 6.79. The molecule has 0 saturated heterocycles. The summed E-state index contributed by atoms with van der Waals surface area (Å²) in [5.41, 5.74) is 3.24. The molecule has 0 bridgehead atoms. The summed E-state index contributed by atoms with van der Waals surface area (Å²) in [6.07, 6.45) is 0. The Balaban J connectivity index is 1.92. The Morgan fingerprint density at radius 3 is 2.19 bits per heavy atom. The van der Waals surface area contributed by atoms with E-state index in [4.69, 9.17) is 4.74 Å². The van der Waals surface area contributed by atoms with E-state index in [1.165, 1.54) is 7.05 Å². The van der Waals surface area contributed by atoms with E-state index in [0.29, 0.717) is 29.4 Å². The third kappa shape index (κ3) is 4.03. The number of ether oxygens (including phenoxy) is 1. The van der Waals surface area contributed by atoms with Gasteiger partial charge in [-0.1, -0.05) is 43.7 Å². The van der Waals surface area contributed by atoms with Gasteiger partial charge in [-0.05, 0) is 42.7 Å². The molecule has 0 radical (unpaired) electrons. The molecular formula is C22H24N2O3. The number of anilines is 1. The molecule has 1 aliphatic rings. The summed E-state index contributed by atoms with van der Waals surface area (Å²) in [5.74, 6) is 0.521. The number of hydrogen-bond donors (Lipinski definition) is 1. The Labute approximate surface area is 159 Å². The monoisotopic (exact) mass is 364 g/mol. The van der Waals surface area contributed by atoms with Gasteiger partial charge >= 0.3 is 0 Å². The van der Waals surface area contributed by atoms with E-state index in [9.17, 15) is 9.59 Å². The quantitative estimate of drug-likeness (QED) is 0.791. The van der Waals surface area contributed by atoms with E-state index in [-0.39, 0.29) is 11.8 Å². The Kier molecular flexibility index (Phi) is 5.31. The second kappa shape index (κ2) is 7.66. The molecule has 0 spiro atoms. The SMILES string of the molecule is Cc1ccc(NC2=C(c3ccc(OCC(C)C)cc3)C(=O)N(C)C2=O)cc1. The van der Waals surface area contributed by atoms with Crippen molar-refractivity contribution in [3.05, 3.63) is 65.4 Å². The van der Waals surface area contributed by atoms with Crippen molar-refractivity contribution in [2.75, 3.05) is 19.0 Å². The first-order valence-corrected chi connectivity index (χ1v) is 9.00. The number of amides is 2. The minimum atomic E-state index is -0.337. The van der Waals surface area contributed by atoms with Crippen LogP contribution in [0.5, 0.6) is 5.75 Å². The molecule has 0 aromatic heterocycles. The Morgan fingerprint density at radius 2 is 1.59 bits per heavy atom. The maximum absolute atomic E-state index is 12.6. The molecule has 2 aromatic carbocycles. The standard InChI is InChI=1S/C22H24N2O3/c1-14(2)13-27-18-11-7-16(8-12-18)19-20(22(26)24(4)21(19)25)23-17-9-5-15(3)6-10-17/h5-12,14,23H,13H2,1-4H3. The second-order valence-electron chi connectivity index (χ2n) is 7.14. The molecule has 0 aliphatic carbocycles. The molecule has 3 rings (SSSR count). The van der Waals surface area contributed by atoms with Crippen LogP contribution in [-0.2, 0) is 9.59 Å². The zero-order valence-electron chi connectivity index (χ0n) is 16.1. The lowest BCUT2D eigenvalue weighted by molar-refractivity contribution is -0.135. The summed E-state index contributed by atoms with van der Waals surface area (Å²) in [5, 5.41) is 3.12. The average Bonchev–Trinajstić information content (AvgIpc) is 2.86. The highest BCUT2D eigenvalue weighted by Gasteiger charge is 2.36. The number of hydrogen-bond acceptors (Lipinski definition) is 4. The van der Waals surface area contributed by atoms with Gasteiger partial charge < -0.3 is 10.1 Å². The molecule has 0 fully saturated rings. The van der Waals surface area contributed by atoms with Gasteiger partial charge in [0.1, 0.15) is 11.4 Å². The average molecular weight is 364 g/mol. The molecule has 5 heteroatoms. The van der Waals surface area contributed by atoms with Crippen LogP contribution in [0.4, 0.5) is 5.69 Å². The first-order chi connectivity index (χ1) is 12.9. The zero-order valence-corrected chi connectivity index (χ0v) is 16.1. The molecule has 140 valence electrons. The van der Waals surface area contributed by atoms with Crippen LogP contribution in [-0.4, -0.2) is 30.4 Å². The van der Waals surface area contributed by atoms with Crippen LogP contribution in [0.2, 0.25) is 0 Å². The molecule has 2 amide bonds. The Bertz CT molecular complexity index is 881. The topological polar surface area (TPSA) is 58.6 Å². The van der Waals surface area contributed by atoms with Gasteiger partial charge in [0, 0.05) is 12.7 Å². The number of nitrogens with one attached hydrogen (secondary N) is 1. The van der Waals surface area contributed by atoms with Crippen LogP contribution in [0.15, 0.2) is 54.2 Å². The van der Waals surface area contributed by atoms with Crippen molar-refractivity contribution in [3.63, 3.8) is 0 Å². The zero-order chi connectivity index (χ0) is 19.6. The van der Waals surface area contributed by atoms with Crippen LogP contribution < -0.4 is 10.1 Å². The van der Waals surface area contributed by atoms with Crippen molar-refractivity contribution < 1.29 is 14.3 Å². The number of benzene rings is 2. The Morgan fingerprint density at radius 1 is 0.963 bits per heavy atom. The number of carbonyl (C=O) groups excluding carboxylic acids is 2. The van der Waals surface area contributed by atoms with Gasteiger partial charge in [0.25, 0.3) is 11.8 Å². The van der Waals surface area contributed by atoms with Crippen LogP contribution >= 0.6 is 0 Å². The summed E-state index contributed by atoms with van der Waals surface area (Å²) in [4.78, 5) is 26.4. The van der Waals surface area contributed by atoms with Crippen LogP contribution in [0, 0.1) is 12.8 Å². The summed E-state index contributed by atoms with van der Waals surface area (Å²) >= 11 is 0. The van der Waals surface area contributed by atoms with E-state index in [0.717, 1.165) is 21.9 Å². The number of carbonyl (C=O) groups is 2. The van der Waals surface area contributed by atoms with Crippen molar-refractivity contribution in [2.24, 2.45) is 5.92 Å². The first-order valence-electron chi connectivity index (χ1n) is 9.00. The minimum Gasteiger partial charge on any atom is -0.493 e. The van der Waals surface area contributed by atoms with Crippen molar-refractivity contribution >= 4 is 23.1 Å². The van der Waals surface area contributed by atoms with Crippen LogP contribution in [0.3, 0.4) is 0 Å². The van der Waals surface area contributed by atoms with Gasteiger partial charge in [-0.25, -0.2) is 0 Å². The number of aryl methyl sites for hydroxylation is 1. The van der Waals surface area contributed by atoms with E-state index in [1.807, 2.05) is 55.5 Å². The molecule has 2 aromatic rings. The largest absolute Gasteiger partial charge is 0.493 e. The first kappa shape index (κ1) is 18.7. The normalized spacial score (nSPS) is 14.3. The fraction of sp³-hybridized carbons (Fsp3) is 0.273. The lowest BCUT2D eigenvalue weighted by atomic mass is 10.0. The Hall–Kier alpha value is -3.08. The van der Waals surface area contributed by atoms with Crippen LogP contribution in [0.25, 0.3) is 5.57 Å². The van der Waals surface area contributed by atoms with E-state index in [1.54, 1.807) is 0 Å². The maximum atomic E-state index is 12.6. The molecule has 1 aliphatic heterocycles. The number of imide groups is 1. The van der Waals surface area contributed by atoms with Gasteiger partial charge in [0.2, 0.25) is 0 Å². The van der Waals surface area contributed by atoms with Crippen molar-refractivity contribution in [3.8, 4) is 5.75 Å². The summed E-state index contributed by atoms with van der Waals surface area (Å²) < 4.78 is 5.69. The minimum absolute atomic E-state index is 0.294. The van der Waals surface area contributed by atoms with Crippen LogP contribution in [0.1, 0.15) is 25.0 Å². The highest BCUT2D eigenvalue weighted by atomic mass is 16.5. The molecule has 1 N–H and O–H groups in total. The highest BCUT2D eigenvalue weighted by molar-refractivity contribution is 6.36. The van der Waals surface area contributed by atoms with Crippen molar-refractivity contribution in [1.29, 1.82) is 0 Å². The van der Waals surface area contributed by atoms with Gasteiger partial charge in [0.05, 0.1) is 12.2 Å². The summed E-state index contributed by atoms with van der Waals surface area (Å²) in [6, 6.07) is 15.0. The fourth-order valence-electron chi connectivity index (χ4n) is 2.79.